The van der Waals surface area contributed by atoms with Gasteiger partial charge in [-0.15, -0.1) is 0 Å². The SMILES string of the molecule is CC(=O)c1cc(I)c(OCc2ccccc2)cc1[N+](=O)[O-]. The van der Waals surface area contributed by atoms with Gasteiger partial charge >= 0.3 is 0 Å². The highest BCUT2D eigenvalue weighted by Gasteiger charge is 2.21. The zero-order valence-electron chi connectivity index (χ0n) is 11.2. The molecular weight excluding hydrogens is 385 g/mol. The van der Waals surface area contributed by atoms with Gasteiger partial charge in [-0.05, 0) is 41.1 Å². The molecule has 0 amide bonds. The number of carbonyl (C=O) groups excluding carboxylic acids is 1. The van der Waals surface area contributed by atoms with E-state index in [2.05, 4.69) is 0 Å². The van der Waals surface area contributed by atoms with Crippen LogP contribution in [-0.2, 0) is 6.61 Å². The fourth-order valence-corrected chi connectivity index (χ4v) is 2.44. The maximum atomic E-state index is 11.5. The number of carbonyl (C=O) groups is 1. The van der Waals surface area contributed by atoms with Crippen molar-refractivity contribution in [1.29, 1.82) is 0 Å². The Bertz CT molecular complexity index is 686. The third-order valence-electron chi connectivity index (χ3n) is 2.86. The molecule has 6 heteroatoms. The topological polar surface area (TPSA) is 69.4 Å². The number of halogens is 1. The normalized spacial score (nSPS) is 10.2. The lowest BCUT2D eigenvalue weighted by molar-refractivity contribution is -0.385. The standard InChI is InChI=1S/C15H12INO4/c1-10(18)12-7-13(16)15(8-14(12)17(19)20)21-9-11-5-3-2-4-6-11/h2-8H,9H2,1H3. The lowest BCUT2D eigenvalue weighted by Crippen LogP contribution is -2.04. The average Bonchev–Trinajstić information content (AvgIpc) is 2.46. The van der Waals surface area contributed by atoms with Gasteiger partial charge in [-0.25, -0.2) is 0 Å². The predicted octanol–water partition coefficient (Wildman–Crippen LogP) is 3.98. The molecule has 0 aliphatic heterocycles. The fourth-order valence-electron chi connectivity index (χ4n) is 1.82. The summed E-state index contributed by atoms with van der Waals surface area (Å²) in [5.74, 6) is 0.0605. The van der Waals surface area contributed by atoms with Crippen molar-refractivity contribution < 1.29 is 14.5 Å². The van der Waals surface area contributed by atoms with E-state index in [0.29, 0.717) is 15.9 Å². The minimum absolute atomic E-state index is 0.0939. The van der Waals surface area contributed by atoms with Gasteiger partial charge in [0.25, 0.3) is 5.69 Å². The van der Waals surface area contributed by atoms with Crippen LogP contribution in [0.5, 0.6) is 5.75 Å². The smallest absolute Gasteiger partial charge is 0.283 e. The van der Waals surface area contributed by atoms with Crippen LogP contribution in [0.15, 0.2) is 42.5 Å². The van der Waals surface area contributed by atoms with Crippen LogP contribution in [0.4, 0.5) is 5.69 Å². The molecule has 2 aromatic rings. The molecule has 0 atom stereocenters. The summed E-state index contributed by atoms with van der Waals surface area (Å²) in [6.07, 6.45) is 0. The second kappa shape index (κ2) is 6.66. The van der Waals surface area contributed by atoms with Crippen LogP contribution in [0.25, 0.3) is 0 Å². The molecule has 0 aliphatic carbocycles. The van der Waals surface area contributed by atoms with Crippen molar-refractivity contribution >= 4 is 34.1 Å². The first-order chi connectivity index (χ1) is 9.99. The van der Waals surface area contributed by atoms with E-state index in [9.17, 15) is 14.9 Å². The molecule has 108 valence electrons. The van der Waals surface area contributed by atoms with E-state index < -0.39 is 4.92 Å². The van der Waals surface area contributed by atoms with Gasteiger partial charge in [0.1, 0.15) is 12.4 Å². The number of nitro benzene ring substituents is 1. The van der Waals surface area contributed by atoms with E-state index in [1.54, 1.807) is 0 Å². The van der Waals surface area contributed by atoms with Crippen molar-refractivity contribution in [3.8, 4) is 5.75 Å². The molecule has 0 N–H and O–H groups in total. The number of nitrogens with zero attached hydrogens (tertiary/aromatic N) is 1. The van der Waals surface area contributed by atoms with E-state index in [-0.39, 0.29) is 17.0 Å². The molecule has 2 aromatic carbocycles. The second-order valence-corrected chi connectivity index (χ2v) is 5.55. The molecule has 0 aliphatic rings. The monoisotopic (exact) mass is 397 g/mol. The van der Waals surface area contributed by atoms with Crippen molar-refractivity contribution in [2.75, 3.05) is 0 Å². The van der Waals surface area contributed by atoms with E-state index in [0.717, 1.165) is 5.56 Å². The van der Waals surface area contributed by atoms with Crippen molar-refractivity contribution in [2.45, 2.75) is 13.5 Å². The van der Waals surface area contributed by atoms with Crippen LogP contribution in [0.3, 0.4) is 0 Å². The summed E-state index contributed by atoms with van der Waals surface area (Å²) < 4.78 is 6.29. The van der Waals surface area contributed by atoms with Crippen LogP contribution >= 0.6 is 22.6 Å². The highest BCUT2D eigenvalue weighted by Crippen LogP contribution is 2.31. The van der Waals surface area contributed by atoms with Crippen LogP contribution in [0.1, 0.15) is 22.8 Å². The number of benzene rings is 2. The average molecular weight is 397 g/mol. The zero-order valence-corrected chi connectivity index (χ0v) is 13.4. The lowest BCUT2D eigenvalue weighted by atomic mass is 10.1. The number of nitro groups is 1. The van der Waals surface area contributed by atoms with Crippen molar-refractivity contribution in [2.24, 2.45) is 0 Å². The Morgan fingerprint density at radius 1 is 1.29 bits per heavy atom. The molecule has 0 spiro atoms. The number of hydrogen-bond donors (Lipinski definition) is 0. The summed E-state index contributed by atoms with van der Waals surface area (Å²) >= 11 is 2.00. The van der Waals surface area contributed by atoms with Gasteiger partial charge in [0.05, 0.1) is 20.1 Å². The van der Waals surface area contributed by atoms with E-state index in [1.165, 1.54) is 19.1 Å². The number of rotatable bonds is 5. The lowest BCUT2D eigenvalue weighted by Gasteiger charge is -2.09. The molecule has 0 radical (unpaired) electrons. The third-order valence-corrected chi connectivity index (χ3v) is 3.71. The molecule has 0 heterocycles. The van der Waals surface area contributed by atoms with E-state index in [4.69, 9.17) is 4.74 Å². The molecule has 0 unspecified atom stereocenters. The summed E-state index contributed by atoms with van der Waals surface area (Å²) in [4.78, 5) is 22.0. The molecule has 5 nitrogen and oxygen atoms in total. The zero-order chi connectivity index (χ0) is 15.4. The molecule has 0 saturated carbocycles. The van der Waals surface area contributed by atoms with Crippen LogP contribution in [0, 0.1) is 13.7 Å². The summed E-state index contributed by atoms with van der Waals surface area (Å²) in [5.41, 5.74) is 0.828. The van der Waals surface area contributed by atoms with Crippen LogP contribution in [0.2, 0.25) is 0 Å². The van der Waals surface area contributed by atoms with Crippen molar-refractivity contribution in [1.82, 2.24) is 0 Å². The highest BCUT2D eigenvalue weighted by atomic mass is 127. The minimum Gasteiger partial charge on any atom is -0.488 e. The molecule has 21 heavy (non-hydrogen) atoms. The Morgan fingerprint density at radius 3 is 2.52 bits per heavy atom. The molecule has 0 aromatic heterocycles. The van der Waals surface area contributed by atoms with Gasteiger partial charge in [-0.3, -0.25) is 14.9 Å². The summed E-state index contributed by atoms with van der Waals surface area (Å²) in [6, 6.07) is 12.3. The number of ether oxygens (including phenoxy) is 1. The number of hydrogen-bond acceptors (Lipinski definition) is 4. The number of Topliss-reactive ketones (excluding diaryl/α,β-unsaturated/α-hetero) is 1. The first-order valence-corrected chi connectivity index (χ1v) is 7.22. The quantitative estimate of drug-likeness (QED) is 0.331. The molecule has 0 fully saturated rings. The first-order valence-electron chi connectivity index (χ1n) is 6.14. The van der Waals surface area contributed by atoms with E-state index in [1.807, 2.05) is 52.9 Å². The predicted molar refractivity (Wildman–Crippen MR) is 86.6 cm³/mol. The van der Waals surface area contributed by atoms with Crippen LogP contribution in [-0.4, -0.2) is 10.7 Å². The molecular formula is C15H12INO4. The molecule has 0 saturated heterocycles. The van der Waals surface area contributed by atoms with Gasteiger partial charge in [0, 0.05) is 0 Å². The maximum Gasteiger partial charge on any atom is 0.283 e. The van der Waals surface area contributed by atoms with Gasteiger partial charge < -0.3 is 4.74 Å². The Labute approximate surface area is 135 Å². The number of ketones is 1. The summed E-state index contributed by atoms with van der Waals surface area (Å²) in [6.45, 7) is 1.62. The third kappa shape index (κ3) is 3.78. The molecule has 0 bridgehead atoms. The summed E-state index contributed by atoms with van der Waals surface area (Å²) in [5, 5.41) is 11.1. The van der Waals surface area contributed by atoms with Crippen molar-refractivity contribution in [3.63, 3.8) is 0 Å². The maximum absolute atomic E-state index is 11.5. The Kier molecular flexibility index (Phi) is 4.89. The van der Waals surface area contributed by atoms with Gasteiger partial charge in [0.2, 0.25) is 0 Å². The summed E-state index contributed by atoms with van der Waals surface area (Å²) in [7, 11) is 0. The van der Waals surface area contributed by atoms with Gasteiger partial charge in [0.15, 0.2) is 5.78 Å². The second-order valence-electron chi connectivity index (χ2n) is 4.39. The van der Waals surface area contributed by atoms with Gasteiger partial charge in [-0.1, -0.05) is 30.3 Å². The molecule has 2 rings (SSSR count). The largest absolute Gasteiger partial charge is 0.488 e. The fraction of sp³-hybridized carbons (Fsp3) is 0.133. The minimum atomic E-state index is -0.567. The van der Waals surface area contributed by atoms with E-state index >= 15 is 0 Å². The van der Waals surface area contributed by atoms with Crippen molar-refractivity contribution in [3.05, 3.63) is 67.3 Å². The Morgan fingerprint density at radius 2 is 1.95 bits per heavy atom. The highest BCUT2D eigenvalue weighted by molar-refractivity contribution is 14.1. The Hall–Kier alpha value is -1.96. The van der Waals surface area contributed by atoms with Gasteiger partial charge in [-0.2, -0.15) is 0 Å². The first kappa shape index (κ1) is 15.4. The Balaban J connectivity index is 2.30. The van der Waals surface area contributed by atoms with Crippen LogP contribution < -0.4 is 4.74 Å².